The van der Waals surface area contributed by atoms with Crippen LogP contribution in [-0.4, -0.2) is 17.1 Å². The molecule has 0 radical (unpaired) electrons. The molecule has 0 bridgehead atoms. The predicted molar refractivity (Wildman–Crippen MR) is 57.6 cm³/mol. The van der Waals surface area contributed by atoms with Crippen LogP contribution in [-0.2, 0) is 4.79 Å². The van der Waals surface area contributed by atoms with Crippen LogP contribution in [0.25, 0.3) is 0 Å². The second-order valence-electron chi connectivity index (χ2n) is 3.95. The van der Waals surface area contributed by atoms with Crippen molar-refractivity contribution in [2.75, 3.05) is 0 Å². The fourth-order valence-corrected chi connectivity index (χ4v) is 2.08. The number of benzene rings is 1. The zero-order valence-corrected chi connectivity index (χ0v) is 8.52. The molecule has 1 aromatic rings. The predicted octanol–water partition coefficient (Wildman–Crippen LogP) is 1.95. The quantitative estimate of drug-likeness (QED) is 0.776. The van der Waals surface area contributed by atoms with Crippen molar-refractivity contribution in [3.05, 3.63) is 35.9 Å². The van der Waals surface area contributed by atoms with Gasteiger partial charge in [-0.05, 0) is 24.8 Å². The van der Waals surface area contributed by atoms with E-state index in [4.69, 9.17) is 5.11 Å². The van der Waals surface area contributed by atoms with Gasteiger partial charge in [0.25, 0.3) is 0 Å². The van der Waals surface area contributed by atoms with Crippen molar-refractivity contribution in [3.8, 4) is 0 Å². The zero-order valence-electron chi connectivity index (χ0n) is 8.52. The number of nitrogens with one attached hydrogen (secondary N) is 1. The molecule has 2 atom stereocenters. The summed E-state index contributed by atoms with van der Waals surface area (Å²) >= 11 is 0. The Morgan fingerprint density at radius 2 is 2.00 bits per heavy atom. The minimum Gasteiger partial charge on any atom is -0.480 e. The van der Waals surface area contributed by atoms with Crippen molar-refractivity contribution in [2.45, 2.75) is 31.3 Å². The molecule has 1 saturated heterocycles. The van der Waals surface area contributed by atoms with E-state index in [1.807, 2.05) is 30.3 Å². The normalized spacial score (nSPS) is 26.1. The first kappa shape index (κ1) is 10.2. The first-order valence-electron chi connectivity index (χ1n) is 5.31. The Kier molecular flexibility index (Phi) is 3.02. The number of hydrogen-bond acceptors (Lipinski definition) is 2. The van der Waals surface area contributed by atoms with Crippen molar-refractivity contribution in [1.29, 1.82) is 0 Å². The van der Waals surface area contributed by atoms with Gasteiger partial charge >= 0.3 is 5.97 Å². The number of carboxylic acid groups (broad SMARTS) is 1. The van der Waals surface area contributed by atoms with Crippen LogP contribution in [0, 0.1) is 0 Å². The van der Waals surface area contributed by atoms with Gasteiger partial charge in [0.05, 0.1) is 0 Å². The highest BCUT2D eigenvalue weighted by Crippen LogP contribution is 2.25. The molecule has 3 heteroatoms. The van der Waals surface area contributed by atoms with Gasteiger partial charge < -0.3 is 5.11 Å². The summed E-state index contributed by atoms with van der Waals surface area (Å²) in [7, 11) is 0. The summed E-state index contributed by atoms with van der Waals surface area (Å²) in [4.78, 5) is 10.9. The Balaban J connectivity index is 2.08. The molecule has 0 spiro atoms. The van der Waals surface area contributed by atoms with Crippen LogP contribution >= 0.6 is 0 Å². The second-order valence-corrected chi connectivity index (χ2v) is 3.95. The topological polar surface area (TPSA) is 49.3 Å². The van der Waals surface area contributed by atoms with Crippen molar-refractivity contribution < 1.29 is 9.90 Å². The summed E-state index contributed by atoms with van der Waals surface area (Å²) in [6.45, 7) is 0. The minimum atomic E-state index is -0.740. The maximum absolute atomic E-state index is 10.9. The van der Waals surface area contributed by atoms with Gasteiger partial charge in [0.2, 0.25) is 0 Å². The number of rotatable bonds is 2. The van der Waals surface area contributed by atoms with E-state index in [1.165, 1.54) is 5.56 Å². The molecule has 1 aliphatic heterocycles. The van der Waals surface area contributed by atoms with Gasteiger partial charge in [0.1, 0.15) is 6.04 Å². The summed E-state index contributed by atoms with van der Waals surface area (Å²) in [6.07, 6.45) is 2.73. The molecule has 2 N–H and O–H groups in total. The lowest BCUT2D eigenvalue weighted by atomic mass is 9.93. The van der Waals surface area contributed by atoms with Gasteiger partial charge in [-0.1, -0.05) is 30.3 Å². The first-order valence-corrected chi connectivity index (χ1v) is 5.31. The molecule has 0 aliphatic carbocycles. The minimum absolute atomic E-state index is 0.195. The van der Waals surface area contributed by atoms with Crippen LogP contribution in [0.2, 0.25) is 0 Å². The summed E-state index contributed by atoms with van der Waals surface area (Å²) in [5, 5.41) is 12.1. The Morgan fingerprint density at radius 3 is 2.67 bits per heavy atom. The van der Waals surface area contributed by atoms with Crippen LogP contribution < -0.4 is 5.32 Å². The van der Waals surface area contributed by atoms with Crippen molar-refractivity contribution in [2.24, 2.45) is 0 Å². The molecule has 0 amide bonds. The third-order valence-corrected chi connectivity index (χ3v) is 2.89. The summed E-state index contributed by atoms with van der Waals surface area (Å²) in [5.41, 5.74) is 1.18. The van der Waals surface area contributed by atoms with Gasteiger partial charge in [0.15, 0.2) is 0 Å². The molecule has 1 aromatic carbocycles. The number of aliphatic carboxylic acids is 1. The molecule has 0 unspecified atom stereocenters. The molecule has 1 aliphatic rings. The molecule has 2 rings (SSSR count). The van der Waals surface area contributed by atoms with E-state index in [9.17, 15) is 4.79 Å². The average molecular weight is 205 g/mol. The lowest BCUT2D eigenvalue weighted by Crippen LogP contribution is -2.42. The van der Waals surface area contributed by atoms with Crippen molar-refractivity contribution >= 4 is 5.97 Å². The van der Waals surface area contributed by atoms with E-state index in [1.54, 1.807) is 0 Å². The Hall–Kier alpha value is -1.35. The molecule has 0 aromatic heterocycles. The largest absolute Gasteiger partial charge is 0.480 e. The van der Waals surface area contributed by atoms with Crippen LogP contribution in [0.15, 0.2) is 30.3 Å². The average Bonchev–Trinajstić information content (AvgIpc) is 2.30. The van der Waals surface area contributed by atoms with E-state index in [0.29, 0.717) is 0 Å². The Labute approximate surface area is 89.1 Å². The summed E-state index contributed by atoms with van der Waals surface area (Å²) < 4.78 is 0. The van der Waals surface area contributed by atoms with E-state index < -0.39 is 5.97 Å². The molecule has 15 heavy (non-hydrogen) atoms. The highest BCUT2D eigenvalue weighted by molar-refractivity contribution is 5.73. The van der Waals surface area contributed by atoms with Crippen LogP contribution in [0.1, 0.15) is 30.9 Å². The van der Waals surface area contributed by atoms with Gasteiger partial charge in [-0.15, -0.1) is 0 Å². The van der Waals surface area contributed by atoms with E-state index >= 15 is 0 Å². The van der Waals surface area contributed by atoms with Gasteiger partial charge in [-0.3, -0.25) is 10.1 Å². The van der Waals surface area contributed by atoms with Crippen molar-refractivity contribution in [3.63, 3.8) is 0 Å². The number of carbonyl (C=O) groups is 1. The lowest BCUT2D eigenvalue weighted by molar-refractivity contribution is -0.140. The highest BCUT2D eigenvalue weighted by Gasteiger charge is 2.26. The number of carboxylic acids is 1. The SMILES string of the molecule is O=C(O)[C@@H]1CCC[C@@H](c2ccccc2)N1. The van der Waals surface area contributed by atoms with Gasteiger partial charge in [0, 0.05) is 6.04 Å². The monoisotopic (exact) mass is 205 g/mol. The summed E-state index contributed by atoms with van der Waals surface area (Å²) in [5.74, 6) is -0.740. The van der Waals surface area contributed by atoms with Gasteiger partial charge in [-0.25, -0.2) is 0 Å². The molecule has 1 fully saturated rings. The first-order chi connectivity index (χ1) is 7.27. The molecule has 1 heterocycles. The number of piperidine rings is 1. The van der Waals surface area contributed by atoms with E-state index in [-0.39, 0.29) is 12.1 Å². The third kappa shape index (κ3) is 2.36. The highest BCUT2D eigenvalue weighted by atomic mass is 16.4. The summed E-state index contributed by atoms with van der Waals surface area (Å²) in [6, 6.07) is 9.85. The molecule has 80 valence electrons. The maximum Gasteiger partial charge on any atom is 0.320 e. The lowest BCUT2D eigenvalue weighted by Gasteiger charge is -2.28. The molecule has 3 nitrogen and oxygen atoms in total. The fraction of sp³-hybridized carbons (Fsp3) is 0.417. The maximum atomic E-state index is 10.9. The third-order valence-electron chi connectivity index (χ3n) is 2.89. The Bertz CT molecular complexity index is 337. The fourth-order valence-electron chi connectivity index (χ4n) is 2.08. The van der Waals surface area contributed by atoms with Crippen LogP contribution in [0.3, 0.4) is 0 Å². The zero-order chi connectivity index (χ0) is 10.7. The van der Waals surface area contributed by atoms with Crippen LogP contribution in [0.4, 0.5) is 0 Å². The van der Waals surface area contributed by atoms with E-state index in [2.05, 4.69) is 5.32 Å². The molecule has 0 saturated carbocycles. The van der Waals surface area contributed by atoms with Crippen LogP contribution in [0.5, 0.6) is 0 Å². The number of hydrogen-bond donors (Lipinski definition) is 2. The molecular weight excluding hydrogens is 190 g/mol. The Morgan fingerprint density at radius 1 is 1.27 bits per heavy atom. The van der Waals surface area contributed by atoms with Crippen molar-refractivity contribution in [1.82, 2.24) is 5.32 Å². The van der Waals surface area contributed by atoms with E-state index in [0.717, 1.165) is 19.3 Å². The smallest absolute Gasteiger partial charge is 0.320 e. The standard InChI is InChI=1S/C12H15NO2/c14-12(15)11-8-4-7-10(13-11)9-5-2-1-3-6-9/h1-3,5-6,10-11,13H,4,7-8H2,(H,14,15)/t10-,11-/m0/s1. The van der Waals surface area contributed by atoms with Gasteiger partial charge in [-0.2, -0.15) is 0 Å². The second kappa shape index (κ2) is 4.45. The molecular formula is C12H15NO2.